The summed E-state index contributed by atoms with van der Waals surface area (Å²) in [6.07, 6.45) is 1.24. The van der Waals surface area contributed by atoms with E-state index < -0.39 is 0 Å². The lowest BCUT2D eigenvalue weighted by Gasteiger charge is -2.27. The van der Waals surface area contributed by atoms with Gasteiger partial charge in [0.2, 0.25) is 0 Å². The van der Waals surface area contributed by atoms with E-state index in [1.807, 2.05) is 6.07 Å². The van der Waals surface area contributed by atoms with Crippen LogP contribution >= 0.6 is 0 Å². The van der Waals surface area contributed by atoms with E-state index in [0.717, 1.165) is 45.1 Å². The Kier molecular flexibility index (Phi) is 4.01. The summed E-state index contributed by atoms with van der Waals surface area (Å²) in [4.78, 5) is 5.02. The van der Waals surface area contributed by atoms with E-state index in [4.69, 9.17) is 10.5 Å². The maximum Gasteiger partial charge on any atom is 0.0594 e. The van der Waals surface area contributed by atoms with Crippen LogP contribution in [0.4, 0.5) is 5.69 Å². The third-order valence-electron chi connectivity index (χ3n) is 4.07. The molecular formula is C15H23N3O. The zero-order chi connectivity index (χ0) is 13.1. The molecule has 19 heavy (non-hydrogen) atoms. The van der Waals surface area contributed by atoms with Crippen molar-refractivity contribution in [3.05, 3.63) is 29.3 Å². The number of ether oxygens (including phenoxy) is 1. The molecule has 0 bridgehead atoms. The molecule has 0 radical (unpaired) electrons. The van der Waals surface area contributed by atoms with Crippen molar-refractivity contribution in [3.63, 3.8) is 0 Å². The molecule has 2 heterocycles. The fraction of sp³-hybridized carbons (Fsp3) is 0.600. The molecule has 2 N–H and O–H groups in total. The third-order valence-corrected chi connectivity index (χ3v) is 4.07. The van der Waals surface area contributed by atoms with Crippen LogP contribution in [0.5, 0.6) is 0 Å². The predicted octanol–water partition coefficient (Wildman–Crippen LogP) is 1.31. The molecule has 1 fully saturated rings. The second-order valence-electron chi connectivity index (χ2n) is 5.55. The van der Waals surface area contributed by atoms with Crippen molar-refractivity contribution in [2.24, 2.45) is 0 Å². The Labute approximate surface area is 115 Å². The maximum absolute atomic E-state index is 5.84. The Morgan fingerprint density at radius 1 is 1.00 bits per heavy atom. The lowest BCUT2D eigenvalue weighted by Crippen LogP contribution is -2.37. The van der Waals surface area contributed by atoms with Crippen LogP contribution in [0.25, 0.3) is 0 Å². The van der Waals surface area contributed by atoms with Gasteiger partial charge in [-0.3, -0.25) is 9.80 Å². The van der Waals surface area contributed by atoms with Gasteiger partial charge in [0.25, 0.3) is 0 Å². The van der Waals surface area contributed by atoms with Crippen LogP contribution in [0.3, 0.4) is 0 Å². The highest BCUT2D eigenvalue weighted by molar-refractivity contribution is 5.46. The van der Waals surface area contributed by atoms with Gasteiger partial charge >= 0.3 is 0 Å². The molecule has 1 aromatic carbocycles. The second kappa shape index (κ2) is 5.90. The fourth-order valence-electron chi connectivity index (χ4n) is 2.99. The summed E-state index contributed by atoms with van der Waals surface area (Å²) in [7, 11) is 0. The summed E-state index contributed by atoms with van der Waals surface area (Å²) in [5, 5.41) is 0. The van der Waals surface area contributed by atoms with Crippen LogP contribution in [-0.4, -0.2) is 49.2 Å². The Morgan fingerprint density at radius 2 is 1.74 bits per heavy atom. The number of rotatable bonds is 4. The normalized spacial score (nSPS) is 20.6. The summed E-state index contributed by atoms with van der Waals surface area (Å²) in [6.45, 7) is 8.49. The van der Waals surface area contributed by atoms with E-state index in [2.05, 4.69) is 21.9 Å². The molecule has 0 amide bonds. The lowest BCUT2D eigenvalue weighted by atomic mass is 10.1. The number of anilines is 1. The van der Waals surface area contributed by atoms with Gasteiger partial charge in [0.15, 0.2) is 0 Å². The van der Waals surface area contributed by atoms with Crippen LogP contribution in [0, 0.1) is 0 Å². The highest BCUT2D eigenvalue weighted by Crippen LogP contribution is 2.24. The molecule has 2 aliphatic heterocycles. The van der Waals surface area contributed by atoms with Crippen molar-refractivity contribution in [2.75, 3.05) is 45.1 Å². The van der Waals surface area contributed by atoms with Crippen LogP contribution < -0.4 is 5.73 Å². The minimum Gasteiger partial charge on any atom is -0.399 e. The molecule has 2 aliphatic rings. The topological polar surface area (TPSA) is 41.7 Å². The number of benzene rings is 1. The Bertz CT molecular complexity index is 429. The first kappa shape index (κ1) is 12.9. The summed E-state index contributed by atoms with van der Waals surface area (Å²) < 4.78 is 5.37. The molecule has 104 valence electrons. The zero-order valence-corrected chi connectivity index (χ0v) is 11.5. The van der Waals surface area contributed by atoms with E-state index in [1.165, 1.54) is 30.6 Å². The Balaban J connectivity index is 1.43. The molecular weight excluding hydrogens is 238 g/mol. The molecule has 1 aromatic rings. The van der Waals surface area contributed by atoms with Crippen LogP contribution in [-0.2, 0) is 17.8 Å². The van der Waals surface area contributed by atoms with Crippen molar-refractivity contribution in [2.45, 2.75) is 19.5 Å². The van der Waals surface area contributed by atoms with Crippen LogP contribution in [0.1, 0.15) is 17.5 Å². The van der Waals surface area contributed by atoms with Crippen molar-refractivity contribution >= 4 is 5.69 Å². The first-order valence-electron chi connectivity index (χ1n) is 7.21. The van der Waals surface area contributed by atoms with Gasteiger partial charge in [0.05, 0.1) is 13.2 Å². The van der Waals surface area contributed by atoms with Crippen LogP contribution in [0.15, 0.2) is 18.2 Å². The van der Waals surface area contributed by atoms with Gasteiger partial charge < -0.3 is 10.5 Å². The van der Waals surface area contributed by atoms with Crippen molar-refractivity contribution in [1.29, 1.82) is 0 Å². The van der Waals surface area contributed by atoms with Gasteiger partial charge in [-0.05, 0) is 36.2 Å². The highest BCUT2D eigenvalue weighted by atomic mass is 16.5. The first-order valence-corrected chi connectivity index (χ1v) is 7.21. The first-order chi connectivity index (χ1) is 9.31. The van der Waals surface area contributed by atoms with Gasteiger partial charge in [-0.1, -0.05) is 6.07 Å². The van der Waals surface area contributed by atoms with Gasteiger partial charge in [-0.15, -0.1) is 0 Å². The number of nitrogens with zero attached hydrogens (tertiary/aromatic N) is 2. The minimum absolute atomic E-state index is 0.883. The molecule has 3 rings (SSSR count). The number of fused-ring (bicyclic) bond motifs is 1. The number of hydrogen-bond donors (Lipinski definition) is 1. The number of morpholine rings is 1. The van der Waals surface area contributed by atoms with Crippen molar-refractivity contribution in [3.8, 4) is 0 Å². The minimum atomic E-state index is 0.883. The van der Waals surface area contributed by atoms with Gasteiger partial charge in [-0.25, -0.2) is 0 Å². The molecule has 0 unspecified atom stereocenters. The smallest absolute Gasteiger partial charge is 0.0594 e. The summed E-state index contributed by atoms with van der Waals surface area (Å²) in [6, 6.07) is 6.31. The molecule has 1 saturated heterocycles. The maximum atomic E-state index is 5.84. The summed E-state index contributed by atoms with van der Waals surface area (Å²) in [5.41, 5.74) is 9.57. The number of nitrogens with two attached hydrogens (primary N) is 1. The van der Waals surface area contributed by atoms with Gasteiger partial charge in [-0.2, -0.15) is 0 Å². The quantitative estimate of drug-likeness (QED) is 0.830. The third kappa shape index (κ3) is 3.26. The largest absolute Gasteiger partial charge is 0.399 e. The van der Waals surface area contributed by atoms with Crippen molar-refractivity contribution in [1.82, 2.24) is 9.80 Å². The molecule has 0 saturated carbocycles. The standard InChI is InChI=1S/C15H23N3O/c16-15-3-2-13-11-18(12-14(13)10-15)5-1-4-17-6-8-19-9-7-17/h2-3,10H,1,4-9,11-12,16H2. The Morgan fingerprint density at radius 3 is 2.58 bits per heavy atom. The zero-order valence-electron chi connectivity index (χ0n) is 11.5. The van der Waals surface area contributed by atoms with E-state index in [1.54, 1.807) is 0 Å². The van der Waals surface area contributed by atoms with Crippen molar-refractivity contribution < 1.29 is 4.74 Å². The second-order valence-corrected chi connectivity index (χ2v) is 5.55. The summed E-state index contributed by atoms with van der Waals surface area (Å²) >= 11 is 0. The van der Waals surface area contributed by atoms with Gasteiger partial charge in [0.1, 0.15) is 0 Å². The fourth-order valence-corrected chi connectivity index (χ4v) is 2.99. The van der Waals surface area contributed by atoms with E-state index in [-0.39, 0.29) is 0 Å². The highest BCUT2D eigenvalue weighted by Gasteiger charge is 2.18. The number of hydrogen-bond acceptors (Lipinski definition) is 4. The average Bonchev–Trinajstić information content (AvgIpc) is 2.82. The molecule has 0 spiro atoms. The number of nitrogen functional groups attached to an aromatic ring is 1. The average molecular weight is 261 g/mol. The molecule has 4 heteroatoms. The molecule has 0 aromatic heterocycles. The van der Waals surface area contributed by atoms with E-state index in [9.17, 15) is 0 Å². The molecule has 0 atom stereocenters. The van der Waals surface area contributed by atoms with E-state index >= 15 is 0 Å². The van der Waals surface area contributed by atoms with Crippen LogP contribution in [0.2, 0.25) is 0 Å². The van der Waals surface area contributed by atoms with E-state index in [0.29, 0.717) is 0 Å². The SMILES string of the molecule is Nc1ccc2c(c1)CN(CCCN1CCOCC1)C2. The van der Waals surface area contributed by atoms with Gasteiger partial charge in [0, 0.05) is 38.4 Å². The Hall–Kier alpha value is -1.10. The predicted molar refractivity (Wildman–Crippen MR) is 76.8 cm³/mol. The lowest BCUT2D eigenvalue weighted by molar-refractivity contribution is 0.0360. The molecule has 4 nitrogen and oxygen atoms in total. The summed E-state index contributed by atoms with van der Waals surface area (Å²) in [5.74, 6) is 0. The molecule has 0 aliphatic carbocycles. The monoisotopic (exact) mass is 261 g/mol.